The maximum atomic E-state index is 3.61. The maximum Gasteiger partial charge on any atom is -0.00210 e. The summed E-state index contributed by atoms with van der Waals surface area (Å²) in [5.74, 6) is 0. The zero-order valence-electron chi connectivity index (χ0n) is 7.20. The van der Waals surface area contributed by atoms with Crippen LogP contribution in [-0.2, 0) is 0 Å². The molecule has 0 atom stereocenters. The Bertz CT molecular complexity index is 226. The van der Waals surface area contributed by atoms with E-state index in [9.17, 15) is 0 Å². The Morgan fingerprint density at radius 1 is 1.33 bits per heavy atom. The largest absolute Gasteiger partial charge is 0.152 e. The van der Waals surface area contributed by atoms with Crippen LogP contribution in [-0.4, -0.2) is 0 Å². The standard InChI is InChI=1S/C6H6S.C5H8/c1-2-6-3-4-7-5-6;1-2-4-5-3-1/h2-5H,1H2;1-2H,3-5H2. The van der Waals surface area contributed by atoms with E-state index in [2.05, 4.69) is 24.1 Å². The first-order valence-electron chi connectivity index (χ1n) is 4.23. The van der Waals surface area contributed by atoms with Crippen LogP contribution < -0.4 is 0 Å². The fourth-order valence-corrected chi connectivity index (χ4v) is 1.63. The summed E-state index contributed by atoms with van der Waals surface area (Å²) < 4.78 is 0. The molecule has 1 aromatic rings. The first-order valence-corrected chi connectivity index (χ1v) is 5.17. The van der Waals surface area contributed by atoms with Crippen LogP contribution in [0.3, 0.4) is 0 Å². The van der Waals surface area contributed by atoms with Gasteiger partial charge >= 0.3 is 0 Å². The lowest BCUT2D eigenvalue weighted by molar-refractivity contribution is 0.929. The van der Waals surface area contributed by atoms with Gasteiger partial charge in [-0.15, -0.1) is 0 Å². The van der Waals surface area contributed by atoms with Crippen molar-refractivity contribution in [3.05, 3.63) is 41.1 Å². The van der Waals surface area contributed by atoms with Crippen molar-refractivity contribution in [3.8, 4) is 0 Å². The highest BCUT2D eigenvalue weighted by molar-refractivity contribution is 7.08. The van der Waals surface area contributed by atoms with Crippen LogP contribution in [0.5, 0.6) is 0 Å². The average molecular weight is 178 g/mol. The van der Waals surface area contributed by atoms with Crippen LogP contribution in [0.15, 0.2) is 35.6 Å². The van der Waals surface area contributed by atoms with Crippen LogP contribution >= 0.6 is 11.3 Å². The molecular formula is C11H14S. The molecule has 0 aromatic carbocycles. The molecule has 0 nitrogen and oxygen atoms in total. The number of thiophene rings is 1. The number of allylic oxidation sites excluding steroid dienone is 2. The van der Waals surface area contributed by atoms with Gasteiger partial charge in [0, 0.05) is 0 Å². The summed E-state index contributed by atoms with van der Waals surface area (Å²) in [6.07, 6.45) is 10.3. The van der Waals surface area contributed by atoms with E-state index < -0.39 is 0 Å². The molecule has 1 aromatic heterocycles. The van der Waals surface area contributed by atoms with Gasteiger partial charge in [-0.25, -0.2) is 0 Å². The van der Waals surface area contributed by atoms with Gasteiger partial charge < -0.3 is 0 Å². The zero-order valence-corrected chi connectivity index (χ0v) is 8.02. The summed E-state index contributed by atoms with van der Waals surface area (Å²) in [6.45, 7) is 3.61. The minimum Gasteiger partial charge on any atom is -0.152 e. The molecule has 0 spiro atoms. The lowest BCUT2D eigenvalue weighted by atomic mass is 10.3. The summed E-state index contributed by atoms with van der Waals surface area (Å²) in [5.41, 5.74) is 1.21. The van der Waals surface area contributed by atoms with Gasteiger partial charge in [0.1, 0.15) is 0 Å². The predicted octanol–water partition coefficient (Wildman–Crippen LogP) is 4.12. The third-order valence-electron chi connectivity index (χ3n) is 1.69. The third kappa shape index (κ3) is 3.54. The highest BCUT2D eigenvalue weighted by atomic mass is 32.1. The number of rotatable bonds is 1. The minimum atomic E-state index is 1.21. The molecule has 1 heterocycles. The van der Waals surface area contributed by atoms with Crippen molar-refractivity contribution in [3.63, 3.8) is 0 Å². The summed E-state index contributed by atoms with van der Waals surface area (Å²) in [5, 5.41) is 4.10. The van der Waals surface area contributed by atoms with E-state index in [4.69, 9.17) is 0 Å². The molecule has 0 radical (unpaired) electrons. The van der Waals surface area contributed by atoms with Gasteiger partial charge in [0.15, 0.2) is 0 Å². The molecule has 0 saturated heterocycles. The second-order valence-corrected chi connectivity index (χ2v) is 3.44. The minimum absolute atomic E-state index is 1.21. The number of hydrogen-bond acceptors (Lipinski definition) is 1. The van der Waals surface area contributed by atoms with Crippen molar-refractivity contribution in [2.24, 2.45) is 0 Å². The highest BCUT2D eigenvalue weighted by Gasteiger charge is 1.84. The van der Waals surface area contributed by atoms with E-state index in [0.717, 1.165) is 0 Å². The molecule has 0 aliphatic heterocycles. The van der Waals surface area contributed by atoms with Crippen LogP contribution in [0.2, 0.25) is 0 Å². The lowest BCUT2D eigenvalue weighted by Crippen LogP contribution is -1.50. The van der Waals surface area contributed by atoms with E-state index in [1.807, 2.05) is 17.5 Å². The van der Waals surface area contributed by atoms with Crippen molar-refractivity contribution in [2.75, 3.05) is 0 Å². The lowest BCUT2D eigenvalue weighted by Gasteiger charge is -1.71. The molecule has 0 saturated carbocycles. The van der Waals surface area contributed by atoms with Crippen molar-refractivity contribution >= 4 is 17.4 Å². The zero-order chi connectivity index (χ0) is 8.65. The van der Waals surface area contributed by atoms with Crippen LogP contribution in [0.25, 0.3) is 6.08 Å². The fraction of sp³-hybridized carbons (Fsp3) is 0.273. The van der Waals surface area contributed by atoms with Crippen LogP contribution in [0.1, 0.15) is 24.8 Å². The summed E-state index contributed by atoms with van der Waals surface area (Å²) in [6, 6.07) is 2.04. The first kappa shape index (κ1) is 9.27. The molecule has 2 rings (SSSR count). The molecule has 0 bridgehead atoms. The topological polar surface area (TPSA) is 0 Å². The monoisotopic (exact) mass is 178 g/mol. The molecule has 12 heavy (non-hydrogen) atoms. The molecule has 0 unspecified atom stereocenters. The Kier molecular flexibility index (Phi) is 4.47. The molecule has 0 N–H and O–H groups in total. The van der Waals surface area contributed by atoms with Gasteiger partial charge in [-0.1, -0.05) is 24.8 Å². The molecule has 0 amide bonds. The quantitative estimate of drug-likeness (QED) is 0.567. The van der Waals surface area contributed by atoms with Crippen molar-refractivity contribution < 1.29 is 0 Å². The smallest absolute Gasteiger partial charge is 0.00210 e. The van der Waals surface area contributed by atoms with E-state index >= 15 is 0 Å². The van der Waals surface area contributed by atoms with Gasteiger partial charge in [0.25, 0.3) is 0 Å². The Labute approximate surface area is 78.2 Å². The second-order valence-electron chi connectivity index (χ2n) is 2.66. The SMILES string of the molecule is C1=CCCC1.C=Cc1ccsc1. The summed E-state index contributed by atoms with van der Waals surface area (Å²) in [7, 11) is 0. The van der Waals surface area contributed by atoms with Gasteiger partial charge in [0.05, 0.1) is 0 Å². The van der Waals surface area contributed by atoms with Crippen molar-refractivity contribution in [1.29, 1.82) is 0 Å². The van der Waals surface area contributed by atoms with Crippen molar-refractivity contribution in [2.45, 2.75) is 19.3 Å². The van der Waals surface area contributed by atoms with Crippen molar-refractivity contribution in [1.82, 2.24) is 0 Å². The maximum absolute atomic E-state index is 3.61. The molecular weight excluding hydrogens is 164 g/mol. The van der Waals surface area contributed by atoms with E-state index in [0.29, 0.717) is 0 Å². The average Bonchev–Trinajstić information content (AvgIpc) is 2.81. The van der Waals surface area contributed by atoms with Crippen LogP contribution in [0.4, 0.5) is 0 Å². The fourth-order valence-electron chi connectivity index (χ4n) is 0.980. The van der Waals surface area contributed by atoms with Gasteiger partial charge in [-0.2, -0.15) is 11.3 Å². The molecule has 64 valence electrons. The third-order valence-corrected chi connectivity index (χ3v) is 2.39. The summed E-state index contributed by atoms with van der Waals surface area (Å²) >= 11 is 1.69. The highest BCUT2D eigenvalue weighted by Crippen LogP contribution is 2.05. The molecule has 0 fully saturated rings. The second kappa shape index (κ2) is 5.78. The van der Waals surface area contributed by atoms with Gasteiger partial charge in [-0.3, -0.25) is 0 Å². The number of hydrogen-bond donors (Lipinski definition) is 0. The Hall–Kier alpha value is -0.820. The Balaban J connectivity index is 0.000000127. The Morgan fingerprint density at radius 2 is 2.08 bits per heavy atom. The normalized spacial score (nSPS) is 13.7. The predicted molar refractivity (Wildman–Crippen MR) is 57.4 cm³/mol. The molecule has 1 heteroatoms. The molecule has 1 aliphatic carbocycles. The van der Waals surface area contributed by atoms with E-state index in [1.54, 1.807) is 11.3 Å². The van der Waals surface area contributed by atoms with E-state index in [1.165, 1.54) is 24.8 Å². The first-order chi connectivity index (χ1) is 5.93. The van der Waals surface area contributed by atoms with E-state index in [-0.39, 0.29) is 0 Å². The van der Waals surface area contributed by atoms with Gasteiger partial charge in [0.2, 0.25) is 0 Å². The van der Waals surface area contributed by atoms with Gasteiger partial charge in [-0.05, 0) is 41.7 Å². The summed E-state index contributed by atoms with van der Waals surface area (Å²) in [4.78, 5) is 0. The Morgan fingerprint density at radius 3 is 2.33 bits per heavy atom. The van der Waals surface area contributed by atoms with Crippen LogP contribution in [0, 0.1) is 0 Å². The molecule has 1 aliphatic rings.